The largest absolute Gasteiger partial charge is 0.497 e. The molecule has 0 amide bonds. The minimum absolute atomic E-state index is 0.00891. The van der Waals surface area contributed by atoms with Gasteiger partial charge in [-0.05, 0) is 37.6 Å². The van der Waals surface area contributed by atoms with E-state index < -0.39 is 5.97 Å². The Kier molecular flexibility index (Phi) is 4.92. The topological polar surface area (TPSA) is 126 Å². The fraction of sp³-hybridized carbons (Fsp3) is 0.278. The van der Waals surface area contributed by atoms with Gasteiger partial charge in [-0.15, -0.1) is 0 Å². The Morgan fingerprint density at radius 3 is 2.88 bits per heavy atom. The van der Waals surface area contributed by atoms with E-state index in [2.05, 4.69) is 20.3 Å². The molecule has 0 radical (unpaired) electrons. The molecule has 0 aliphatic carbocycles. The van der Waals surface area contributed by atoms with E-state index in [1.807, 2.05) is 24.3 Å². The lowest BCUT2D eigenvalue weighted by molar-refractivity contribution is -0.136. The van der Waals surface area contributed by atoms with Crippen LogP contribution in [0.15, 0.2) is 24.3 Å². The molecule has 3 rings (SSSR count). The predicted octanol–water partition coefficient (Wildman–Crippen LogP) is 2.49. The van der Waals surface area contributed by atoms with Crippen molar-refractivity contribution < 1.29 is 14.6 Å². The summed E-state index contributed by atoms with van der Waals surface area (Å²) < 4.78 is 5.24. The predicted molar refractivity (Wildman–Crippen MR) is 99.3 cm³/mol. The molecule has 26 heavy (non-hydrogen) atoms. The van der Waals surface area contributed by atoms with Crippen molar-refractivity contribution in [3.8, 4) is 5.75 Å². The number of fused-ring (bicyclic) bond motifs is 1. The zero-order chi connectivity index (χ0) is 18.7. The molecule has 3 aromatic rings. The lowest BCUT2D eigenvalue weighted by Crippen LogP contribution is -2.11. The fourth-order valence-corrected chi connectivity index (χ4v) is 2.87. The van der Waals surface area contributed by atoms with Crippen LogP contribution in [0.4, 0.5) is 11.8 Å². The summed E-state index contributed by atoms with van der Waals surface area (Å²) in [5, 5.41) is 13.2. The molecular weight excluding hydrogens is 334 g/mol. The van der Waals surface area contributed by atoms with Gasteiger partial charge in [0.1, 0.15) is 11.6 Å². The number of carbonyl (C=O) groups is 1. The first-order valence-corrected chi connectivity index (χ1v) is 8.20. The number of carboxylic acid groups (broad SMARTS) is 1. The lowest BCUT2D eigenvalue weighted by Gasteiger charge is -2.12. The summed E-state index contributed by atoms with van der Waals surface area (Å²) in [6.07, 6.45) is 0.350. The Labute approximate surface area is 150 Å². The van der Waals surface area contributed by atoms with Crippen LogP contribution in [0.3, 0.4) is 0 Å². The Morgan fingerprint density at radius 2 is 2.15 bits per heavy atom. The van der Waals surface area contributed by atoms with Gasteiger partial charge in [0.25, 0.3) is 0 Å². The normalized spacial score (nSPS) is 10.8. The molecule has 2 aromatic heterocycles. The molecule has 136 valence electrons. The number of nitrogen functional groups attached to an aromatic ring is 1. The zero-order valence-corrected chi connectivity index (χ0v) is 14.7. The lowest BCUT2D eigenvalue weighted by atomic mass is 10.1. The quantitative estimate of drug-likeness (QED) is 0.513. The number of ether oxygens (including phenoxy) is 1. The Bertz CT molecular complexity index is 951. The van der Waals surface area contributed by atoms with Crippen molar-refractivity contribution in [3.05, 3.63) is 41.2 Å². The zero-order valence-electron chi connectivity index (χ0n) is 14.7. The maximum Gasteiger partial charge on any atom is 0.303 e. The highest BCUT2D eigenvalue weighted by Crippen LogP contribution is 2.23. The van der Waals surface area contributed by atoms with Gasteiger partial charge in [0, 0.05) is 34.3 Å². The Hall–Kier alpha value is -3.29. The van der Waals surface area contributed by atoms with Crippen molar-refractivity contribution >= 4 is 28.6 Å². The van der Waals surface area contributed by atoms with Crippen molar-refractivity contribution in [1.82, 2.24) is 15.0 Å². The van der Waals surface area contributed by atoms with Crippen LogP contribution in [-0.2, 0) is 17.8 Å². The van der Waals surface area contributed by atoms with Gasteiger partial charge in [-0.2, -0.15) is 4.98 Å². The first-order valence-electron chi connectivity index (χ1n) is 8.20. The summed E-state index contributed by atoms with van der Waals surface area (Å²) in [6, 6.07) is 7.84. The number of aromatic nitrogens is 3. The fourth-order valence-electron chi connectivity index (χ4n) is 2.87. The number of hydrogen-bond donors (Lipinski definition) is 4. The van der Waals surface area contributed by atoms with E-state index in [4.69, 9.17) is 15.6 Å². The molecule has 0 atom stereocenters. The van der Waals surface area contributed by atoms with Crippen molar-refractivity contribution in [2.24, 2.45) is 0 Å². The molecule has 2 heterocycles. The smallest absolute Gasteiger partial charge is 0.303 e. The van der Waals surface area contributed by atoms with Crippen LogP contribution in [0.25, 0.3) is 10.9 Å². The average molecular weight is 355 g/mol. The Morgan fingerprint density at radius 1 is 1.35 bits per heavy atom. The first-order chi connectivity index (χ1) is 12.5. The van der Waals surface area contributed by atoms with E-state index in [0.29, 0.717) is 24.5 Å². The van der Waals surface area contributed by atoms with Gasteiger partial charge in [-0.3, -0.25) is 4.79 Å². The third kappa shape index (κ3) is 3.85. The van der Waals surface area contributed by atoms with Crippen molar-refractivity contribution in [2.75, 3.05) is 18.2 Å². The number of nitrogens with one attached hydrogen (secondary N) is 2. The Balaban J connectivity index is 1.81. The van der Waals surface area contributed by atoms with Crippen LogP contribution in [0.2, 0.25) is 0 Å². The minimum atomic E-state index is -0.864. The molecule has 5 N–H and O–H groups in total. The van der Waals surface area contributed by atoms with E-state index in [1.165, 1.54) is 0 Å². The van der Waals surface area contributed by atoms with E-state index in [0.717, 1.165) is 27.9 Å². The summed E-state index contributed by atoms with van der Waals surface area (Å²) in [7, 11) is 1.64. The number of aromatic amines is 1. The van der Waals surface area contributed by atoms with Crippen LogP contribution in [0, 0.1) is 6.92 Å². The number of nitrogens with zero attached hydrogens (tertiary/aromatic N) is 2. The van der Waals surface area contributed by atoms with Gasteiger partial charge in [-0.1, -0.05) is 0 Å². The number of anilines is 2. The summed E-state index contributed by atoms with van der Waals surface area (Å²) in [5.74, 6) is 0.654. The molecule has 0 aliphatic rings. The van der Waals surface area contributed by atoms with E-state index in [1.54, 1.807) is 14.0 Å². The van der Waals surface area contributed by atoms with Gasteiger partial charge in [0.2, 0.25) is 5.95 Å². The van der Waals surface area contributed by atoms with Crippen LogP contribution >= 0.6 is 0 Å². The van der Waals surface area contributed by atoms with Crippen molar-refractivity contribution in [2.45, 2.75) is 26.3 Å². The molecule has 1 aromatic carbocycles. The number of aryl methyl sites for hydroxylation is 1. The van der Waals surface area contributed by atoms with Crippen LogP contribution in [0.5, 0.6) is 5.75 Å². The number of hydrogen-bond acceptors (Lipinski definition) is 6. The number of benzene rings is 1. The molecule has 0 saturated carbocycles. The van der Waals surface area contributed by atoms with Crippen LogP contribution < -0.4 is 15.8 Å². The number of rotatable bonds is 7. The van der Waals surface area contributed by atoms with Gasteiger partial charge >= 0.3 is 5.97 Å². The molecule has 8 heteroatoms. The number of aliphatic carboxylic acids is 1. The highest BCUT2D eigenvalue weighted by atomic mass is 16.5. The summed E-state index contributed by atoms with van der Waals surface area (Å²) in [6.45, 7) is 2.29. The molecule has 8 nitrogen and oxygen atoms in total. The summed E-state index contributed by atoms with van der Waals surface area (Å²) in [5.41, 5.74) is 9.16. The second-order valence-electron chi connectivity index (χ2n) is 5.99. The minimum Gasteiger partial charge on any atom is -0.497 e. The van der Waals surface area contributed by atoms with Crippen LogP contribution in [0.1, 0.15) is 23.4 Å². The highest BCUT2D eigenvalue weighted by molar-refractivity contribution is 5.82. The SMILES string of the molecule is COc1ccc2[nH]c(CNc3nc(N)nc(C)c3CCC(=O)O)cc2c1. The van der Waals surface area contributed by atoms with Gasteiger partial charge in [-0.25, -0.2) is 4.98 Å². The number of methoxy groups -OCH3 is 1. The van der Waals surface area contributed by atoms with Crippen molar-refractivity contribution in [1.29, 1.82) is 0 Å². The number of carboxylic acids is 1. The number of nitrogens with two attached hydrogens (primary N) is 1. The summed E-state index contributed by atoms with van der Waals surface area (Å²) >= 11 is 0. The first kappa shape index (κ1) is 17.5. The molecule has 0 aliphatic heterocycles. The van der Waals surface area contributed by atoms with E-state index >= 15 is 0 Å². The molecule has 0 spiro atoms. The van der Waals surface area contributed by atoms with Crippen LogP contribution in [-0.4, -0.2) is 33.1 Å². The standard InChI is InChI=1S/C18H21N5O3/c1-10-14(4-6-16(24)25)17(23-18(19)21-10)20-9-12-7-11-8-13(26-2)3-5-15(11)22-12/h3,5,7-8,22H,4,6,9H2,1-2H3,(H,24,25)(H3,19,20,21,23). The maximum atomic E-state index is 10.9. The molecular formula is C18H21N5O3. The maximum absolute atomic E-state index is 10.9. The summed E-state index contributed by atoms with van der Waals surface area (Å²) in [4.78, 5) is 22.6. The molecule has 0 saturated heterocycles. The van der Waals surface area contributed by atoms with Gasteiger partial charge < -0.3 is 25.9 Å². The molecule has 0 fully saturated rings. The highest BCUT2D eigenvalue weighted by Gasteiger charge is 2.13. The van der Waals surface area contributed by atoms with Gasteiger partial charge in [0.05, 0.1) is 13.7 Å². The second-order valence-corrected chi connectivity index (χ2v) is 5.99. The third-order valence-electron chi connectivity index (χ3n) is 4.15. The monoisotopic (exact) mass is 355 g/mol. The van der Waals surface area contributed by atoms with Crippen molar-refractivity contribution in [3.63, 3.8) is 0 Å². The van der Waals surface area contributed by atoms with E-state index in [9.17, 15) is 4.79 Å². The molecule has 0 unspecified atom stereocenters. The third-order valence-corrected chi connectivity index (χ3v) is 4.15. The number of H-pyrrole nitrogens is 1. The van der Waals surface area contributed by atoms with E-state index in [-0.39, 0.29) is 12.4 Å². The average Bonchev–Trinajstić information content (AvgIpc) is 3.00. The molecule has 0 bridgehead atoms. The van der Waals surface area contributed by atoms with Gasteiger partial charge in [0.15, 0.2) is 0 Å². The second kappa shape index (κ2) is 7.30.